The van der Waals surface area contributed by atoms with Gasteiger partial charge in [-0.25, -0.2) is 4.39 Å². The first kappa shape index (κ1) is 20.5. The molecule has 2 aromatic rings. The molecule has 0 saturated carbocycles. The molecule has 0 aliphatic carbocycles. The Morgan fingerprint density at radius 3 is 2.30 bits per heavy atom. The fourth-order valence-corrected chi connectivity index (χ4v) is 2.38. The molecule has 144 valence electrons. The van der Waals surface area contributed by atoms with E-state index in [0.717, 1.165) is 11.1 Å². The third-order valence-electron chi connectivity index (χ3n) is 3.88. The molecule has 0 bridgehead atoms. The highest BCUT2D eigenvalue weighted by Gasteiger charge is 2.17. The molecule has 27 heavy (non-hydrogen) atoms. The molecule has 0 saturated heterocycles. The highest BCUT2D eigenvalue weighted by Crippen LogP contribution is 2.17. The Kier molecular flexibility index (Phi) is 7.91. The maximum atomic E-state index is 12.9. The highest BCUT2D eigenvalue weighted by molar-refractivity contribution is 6.35. The summed E-state index contributed by atoms with van der Waals surface area (Å²) in [6.07, 6.45) is -0.480. The molecule has 0 heterocycles. The van der Waals surface area contributed by atoms with Crippen LogP contribution in [0.15, 0.2) is 48.5 Å². The van der Waals surface area contributed by atoms with Crippen LogP contribution in [0, 0.1) is 12.7 Å². The molecule has 0 aliphatic heterocycles. The molecule has 2 rings (SSSR count). The van der Waals surface area contributed by atoms with Gasteiger partial charge in [-0.2, -0.15) is 0 Å². The standard InChI is InChI=1S/C20H23FN2O4/c1-14-2-6-16(7-3-14)18(27-11-10-24)13-23-20(26)19(25)22-12-15-4-8-17(21)9-5-15/h2-9,18,24H,10-13H2,1H3,(H,22,25)(H,23,26)/t18-/m1/s1. The average molecular weight is 374 g/mol. The smallest absolute Gasteiger partial charge is 0.309 e. The van der Waals surface area contributed by atoms with Crippen LogP contribution in [-0.2, 0) is 20.9 Å². The minimum Gasteiger partial charge on any atom is -0.394 e. The second-order valence-electron chi connectivity index (χ2n) is 6.01. The van der Waals surface area contributed by atoms with E-state index < -0.39 is 17.9 Å². The van der Waals surface area contributed by atoms with Gasteiger partial charge in [0.2, 0.25) is 0 Å². The van der Waals surface area contributed by atoms with E-state index in [1.807, 2.05) is 31.2 Å². The van der Waals surface area contributed by atoms with Crippen LogP contribution in [0.1, 0.15) is 22.8 Å². The number of hydrogen-bond donors (Lipinski definition) is 3. The van der Waals surface area contributed by atoms with Crippen LogP contribution in [0.4, 0.5) is 4.39 Å². The summed E-state index contributed by atoms with van der Waals surface area (Å²) in [6.45, 7) is 2.14. The molecular formula is C20H23FN2O4. The first-order valence-electron chi connectivity index (χ1n) is 8.59. The van der Waals surface area contributed by atoms with Gasteiger partial charge >= 0.3 is 11.8 Å². The number of halogens is 1. The van der Waals surface area contributed by atoms with Crippen molar-refractivity contribution in [2.75, 3.05) is 19.8 Å². The molecule has 0 aliphatic rings. The molecule has 0 unspecified atom stereocenters. The van der Waals surface area contributed by atoms with Crippen LogP contribution in [-0.4, -0.2) is 36.7 Å². The van der Waals surface area contributed by atoms with Gasteiger partial charge in [0.25, 0.3) is 0 Å². The second-order valence-corrected chi connectivity index (χ2v) is 6.01. The van der Waals surface area contributed by atoms with E-state index in [4.69, 9.17) is 9.84 Å². The molecule has 6 nitrogen and oxygen atoms in total. The van der Waals surface area contributed by atoms with E-state index in [-0.39, 0.29) is 32.1 Å². The number of aliphatic hydroxyl groups excluding tert-OH is 1. The van der Waals surface area contributed by atoms with Crippen molar-refractivity contribution in [3.05, 3.63) is 71.0 Å². The number of aryl methyl sites for hydroxylation is 1. The minimum atomic E-state index is -0.790. The zero-order valence-corrected chi connectivity index (χ0v) is 15.1. The zero-order valence-electron chi connectivity index (χ0n) is 15.1. The fraction of sp³-hybridized carbons (Fsp3) is 0.300. The van der Waals surface area contributed by atoms with Crippen LogP contribution in [0.25, 0.3) is 0 Å². The zero-order chi connectivity index (χ0) is 19.6. The number of amides is 2. The summed E-state index contributed by atoms with van der Waals surface area (Å²) in [4.78, 5) is 23.9. The topological polar surface area (TPSA) is 87.7 Å². The summed E-state index contributed by atoms with van der Waals surface area (Å²) in [5.41, 5.74) is 2.60. The van der Waals surface area contributed by atoms with Gasteiger partial charge in [-0.1, -0.05) is 42.0 Å². The van der Waals surface area contributed by atoms with E-state index in [1.165, 1.54) is 24.3 Å². The predicted molar refractivity (Wildman–Crippen MR) is 98.2 cm³/mol. The van der Waals surface area contributed by atoms with E-state index in [2.05, 4.69) is 10.6 Å². The molecule has 3 N–H and O–H groups in total. The van der Waals surface area contributed by atoms with Crippen LogP contribution in [0.5, 0.6) is 0 Å². The summed E-state index contributed by atoms with van der Waals surface area (Å²) in [7, 11) is 0. The Morgan fingerprint density at radius 2 is 1.67 bits per heavy atom. The van der Waals surface area contributed by atoms with Crippen molar-refractivity contribution >= 4 is 11.8 Å². The molecule has 2 aromatic carbocycles. The quantitative estimate of drug-likeness (QED) is 0.613. The summed E-state index contributed by atoms with van der Waals surface area (Å²) < 4.78 is 18.4. The number of ether oxygens (including phenoxy) is 1. The lowest BCUT2D eigenvalue weighted by molar-refractivity contribution is -0.139. The van der Waals surface area contributed by atoms with Crippen molar-refractivity contribution in [1.82, 2.24) is 10.6 Å². The van der Waals surface area contributed by atoms with Gasteiger partial charge < -0.3 is 20.5 Å². The van der Waals surface area contributed by atoms with Crippen LogP contribution >= 0.6 is 0 Å². The number of aliphatic hydroxyl groups is 1. The van der Waals surface area contributed by atoms with E-state index >= 15 is 0 Å². The monoisotopic (exact) mass is 374 g/mol. The summed E-state index contributed by atoms with van der Waals surface area (Å²) in [6, 6.07) is 13.2. The third-order valence-corrected chi connectivity index (χ3v) is 3.88. The fourth-order valence-electron chi connectivity index (χ4n) is 2.38. The maximum Gasteiger partial charge on any atom is 0.309 e. The maximum absolute atomic E-state index is 12.9. The van der Waals surface area contributed by atoms with Gasteiger partial charge in [0.15, 0.2) is 0 Å². The van der Waals surface area contributed by atoms with Crippen molar-refractivity contribution in [3.8, 4) is 0 Å². The van der Waals surface area contributed by atoms with Crippen molar-refractivity contribution in [3.63, 3.8) is 0 Å². The lowest BCUT2D eigenvalue weighted by Gasteiger charge is -2.18. The summed E-state index contributed by atoms with van der Waals surface area (Å²) in [5.74, 6) is -1.95. The van der Waals surface area contributed by atoms with Crippen LogP contribution in [0.3, 0.4) is 0 Å². The lowest BCUT2D eigenvalue weighted by atomic mass is 10.1. The van der Waals surface area contributed by atoms with Crippen molar-refractivity contribution in [2.24, 2.45) is 0 Å². The molecule has 7 heteroatoms. The lowest BCUT2D eigenvalue weighted by Crippen LogP contribution is -2.41. The Hall–Kier alpha value is -2.77. The van der Waals surface area contributed by atoms with Gasteiger partial charge in [-0.15, -0.1) is 0 Å². The second kappa shape index (κ2) is 10.4. The van der Waals surface area contributed by atoms with E-state index in [9.17, 15) is 14.0 Å². The molecule has 1 atom stereocenters. The van der Waals surface area contributed by atoms with Gasteiger partial charge in [-0.3, -0.25) is 9.59 Å². The van der Waals surface area contributed by atoms with E-state index in [1.54, 1.807) is 0 Å². The molecule has 2 amide bonds. The Labute approximate surface area is 157 Å². The third kappa shape index (κ3) is 6.80. The molecule has 0 spiro atoms. The number of carbonyl (C=O) groups is 2. The minimum absolute atomic E-state index is 0.0891. The van der Waals surface area contributed by atoms with Gasteiger partial charge in [0.05, 0.1) is 19.3 Å². The van der Waals surface area contributed by atoms with Crippen molar-refractivity contribution < 1.29 is 23.8 Å². The number of benzene rings is 2. The van der Waals surface area contributed by atoms with Gasteiger partial charge in [0, 0.05) is 13.1 Å². The van der Waals surface area contributed by atoms with Gasteiger partial charge in [0.1, 0.15) is 5.82 Å². The van der Waals surface area contributed by atoms with Crippen molar-refractivity contribution in [2.45, 2.75) is 19.6 Å². The Morgan fingerprint density at radius 1 is 1.04 bits per heavy atom. The van der Waals surface area contributed by atoms with E-state index in [0.29, 0.717) is 5.56 Å². The molecule has 0 fully saturated rings. The number of carbonyl (C=O) groups excluding carboxylic acids is 2. The summed E-state index contributed by atoms with van der Waals surface area (Å²) >= 11 is 0. The Balaban J connectivity index is 1.86. The predicted octanol–water partition coefficient (Wildman–Crippen LogP) is 1.62. The number of rotatable bonds is 8. The van der Waals surface area contributed by atoms with Crippen LogP contribution in [0.2, 0.25) is 0 Å². The SMILES string of the molecule is Cc1ccc([C@@H](CNC(=O)C(=O)NCc2ccc(F)cc2)OCCO)cc1. The van der Waals surface area contributed by atoms with Gasteiger partial charge in [-0.05, 0) is 30.2 Å². The number of nitrogens with one attached hydrogen (secondary N) is 2. The first-order valence-corrected chi connectivity index (χ1v) is 8.59. The van der Waals surface area contributed by atoms with Crippen molar-refractivity contribution in [1.29, 1.82) is 0 Å². The largest absolute Gasteiger partial charge is 0.394 e. The summed E-state index contributed by atoms with van der Waals surface area (Å²) in [5, 5.41) is 14.0. The molecule has 0 radical (unpaired) electrons. The normalized spacial score (nSPS) is 11.7. The first-order chi connectivity index (χ1) is 13.0. The Bertz CT molecular complexity index is 748. The molecule has 0 aromatic heterocycles. The number of hydrogen-bond acceptors (Lipinski definition) is 4. The molecular weight excluding hydrogens is 351 g/mol. The average Bonchev–Trinajstić information content (AvgIpc) is 2.68. The highest BCUT2D eigenvalue weighted by atomic mass is 19.1. The van der Waals surface area contributed by atoms with Crippen LogP contribution < -0.4 is 10.6 Å².